The van der Waals surface area contributed by atoms with Gasteiger partial charge in [0.05, 0.1) is 18.2 Å². The second-order valence-electron chi connectivity index (χ2n) is 7.02. The molecule has 3 N–H and O–H groups in total. The van der Waals surface area contributed by atoms with Crippen LogP contribution in [0.25, 0.3) is 0 Å². The summed E-state index contributed by atoms with van der Waals surface area (Å²) in [6.07, 6.45) is 4.96. The summed E-state index contributed by atoms with van der Waals surface area (Å²) in [5.41, 5.74) is 0.902. The Labute approximate surface area is 148 Å². The number of rotatable bonds is 6. The standard InChI is InChI=1S/C19H27N3O3/c1-14-6-2-3-7-15(14)25-13-5-12-20-18(24)21-16-8-9-17(23)22-19(16)10-4-11-19/h2-3,6-7,16H,4-5,8-13H2,1H3,(H,22,23)(H2,20,21,24)/t16-/m0/s1. The van der Waals surface area contributed by atoms with E-state index in [9.17, 15) is 9.59 Å². The number of urea groups is 1. The number of para-hydroxylation sites is 1. The summed E-state index contributed by atoms with van der Waals surface area (Å²) >= 11 is 0. The molecule has 6 heteroatoms. The van der Waals surface area contributed by atoms with Crippen LogP contribution < -0.4 is 20.7 Å². The Morgan fingerprint density at radius 2 is 2.16 bits per heavy atom. The van der Waals surface area contributed by atoms with E-state index in [1.54, 1.807) is 0 Å². The second kappa shape index (κ2) is 7.76. The molecule has 1 aliphatic heterocycles. The van der Waals surface area contributed by atoms with E-state index in [2.05, 4.69) is 16.0 Å². The van der Waals surface area contributed by atoms with Crippen LogP contribution in [-0.2, 0) is 4.79 Å². The summed E-state index contributed by atoms with van der Waals surface area (Å²) < 4.78 is 5.72. The van der Waals surface area contributed by atoms with Crippen LogP contribution in [0.2, 0.25) is 0 Å². The molecule has 3 amide bonds. The minimum Gasteiger partial charge on any atom is -0.493 e. The van der Waals surface area contributed by atoms with Crippen molar-refractivity contribution < 1.29 is 14.3 Å². The third-order valence-electron chi connectivity index (χ3n) is 5.22. The first-order chi connectivity index (χ1) is 12.1. The molecular formula is C19H27N3O3. The van der Waals surface area contributed by atoms with Gasteiger partial charge in [-0.25, -0.2) is 4.79 Å². The van der Waals surface area contributed by atoms with Crippen LogP contribution >= 0.6 is 0 Å². The fourth-order valence-electron chi connectivity index (χ4n) is 3.60. The quantitative estimate of drug-likeness (QED) is 0.692. The molecule has 1 aromatic rings. The number of hydrogen-bond donors (Lipinski definition) is 3. The lowest BCUT2D eigenvalue weighted by Gasteiger charge is -2.50. The van der Waals surface area contributed by atoms with E-state index in [0.29, 0.717) is 19.6 Å². The smallest absolute Gasteiger partial charge is 0.315 e. The van der Waals surface area contributed by atoms with Gasteiger partial charge < -0.3 is 20.7 Å². The van der Waals surface area contributed by atoms with Gasteiger partial charge in [0.25, 0.3) is 0 Å². The summed E-state index contributed by atoms with van der Waals surface area (Å²) in [4.78, 5) is 23.8. The third kappa shape index (κ3) is 4.24. The molecule has 0 bridgehead atoms. The van der Waals surface area contributed by atoms with Crippen molar-refractivity contribution in [3.63, 3.8) is 0 Å². The Morgan fingerprint density at radius 3 is 2.88 bits per heavy atom. The zero-order valence-corrected chi connectivity index (χ0v) is 14.8. The molecule has 2 fully saturated rings. The van der Waals surface area contributed by atoms with Crippen LogP contribution in [0.3, 0.4) is 0 Å². The van der Waals surface area contributed by atoms with Crippen LogP contribution in [-0.4, -0.2) is 36.7 Å². The van der Waals surface area contributed by atoms with Gasteiger partial charge in [-0.05, 0) is 50.7 Å². The first-order valence-corrected chi connectivity index (χ1v) is 9.13. The Balaban J connectivity index is 1.35. The van der Waals surface area contributed by atoms with Crippen molar-refractivity contribution in [2.24, 2.45) is 0 Å². The third-order valence-corrected chi connectivity index (χ3v) is 5.22. The van der Waals surface area contributed by atoms with Crippen LogP contribution in [0.4, 0.5) is 4.79 Å². The van der Waals surface area contributed by atoms with Crippen molar-refractivity contribution >= 4 is 11.9 Å². The molecular weight excluding hydrogens is 318 g/mol. The fourth-order valence-corrected chi connectivity index (χ4v) is 3.60. The van der Waals surface area contributed by atoms with E-state index in [4.69, 9.17) is 4.74 Å². The largest absolute Gasteiger partial charge is 0.493 e. The number of carbonyl (C=O) groups excluding carboxylic acids is 2. The average molecular weight is 345 g/mol. The molecule has 1 aliphatic carbocycles. The molecule has 1 saturated heterocycles. The van der Waals surface area contributed by atoms with Crippen LogP contribution in [0.1, 0.15) is 44.1 Å². The zero-order valence-electron chi connectivity index (χ0n) is 14.8. The minimum atomic E-state index is -0.208. The van der Waals surface area contributed by atoms with Gasteiger partial charge in [0.15, 0.2) is 0 Å². The maximum absolute atomic E-state index is 12.1. The first-order valence-electron chi connectivity index (χ1n) is 9.13. The van der Waals surface area contributed by atoms with Crippen molar-refractivity contribution in [2.75, 3.05) is 13.2 Å². The number of hydrogen-bond acceptors (Lipinski definition) is 3. The molecule has 136 valence electrons. The highest BCUT2D eigenvalue weighted by Crippen LogP contribution is 2.38. The van der Waals surface area contributed by atoms with E-state index in [1.165, 1.54) is 0 Å². The Kier molecular flexibility index (Phi) is 5.46. The van der Waals surface area contributed by atoms with Gasteiger partial charge in [-0.3, -0.25) is 4.79 Å². The molecule has 3 rings (SSSR count). The topological polar surface area (TPSA) is 79.5 Å². The van der Waals surface area contributed by atoms with Crippen molar-refractivity contribution in [1.82, 2.24) is 16.0 Å². The number of ether oxygens (including phenoxy) is 1. The highest BCUT2D eigenvalue weighted by atomic mass is 16.5. The molecule has 0 radical (unpaired) electrons. The molecule has 1 heterocycles. The number of carbonyl (C=O) groups is 2. The highest BCUT2D eigenvalue weighted by Gasteiger charge is 2.48. The van der Waals surface area contributed by atoms with E-state index in [-0.39, 0.29) is 23.5 Å². The van der Waals surface area contributed by atoms with Gasteiger partial charge in [0.1, 0.15) is 5.75 Å². The van der Waals surface area contributed by atoms with E-state index in [1.807, 2.05) is 31.2 Å². The van der Waals surface area contributed by atoms with Crippen molar-refractivity contribution in [3.05, 3.63) is 29.8 Å². The predicted molar refractivity (Wildman–Crippen MR) is 95.6 cm³/mol. The molecule has 6 nitrogen and oxygen atoms in total. The molecule has 1 atom stereocenters. The predicted octanol–water partition coefficient (Wildman–Crippen LogP) is 2.26. The van der Waals surface area contributed by atoms with Crippen LogP contribution in [0.15, 0.2) is 24.3 Å². The van der Waals surface area contributed by atoms with Crippen LogP contribution in [0, 0.1) is 6.92 Å². The highest BCUT2D eigenvalue weighted by molar-refractivity contribution is 5.79. The molecule has 1 spiro atoms. The van der Waals surface area contributed by atoms with E-state index >= 15 is 0 Å². The van der Waals surface area contributed by atoms with Crippen molar-refractivity contribution in [1.29, 1.82) is 0 Å². The first kappa shape index (κ1) is 17.6. The average Bonchev–Trinajstić information content (AvgIpc) is 2.56. The fraction of sp³-hybridized carbons (Fsp3) is 0.579. The second-order valence-corrected chi connectivity index (χ2v) is 7.02. The van der Waals surface area contributed by atoms with E-state index in [0.717, 1.165) is 43.4 Å². The van der Waals surface area contributed by atoms with Gasteiger partial charge >= 0.3 is 6.03 Å². The Bertz CT molecular complexity index is 628. The van der Waals surface area contributed by atoms with E-state index < -0.39 is 0 Å². The summed E-state index contributed by atoms with van der Waals surface area (Å²) in [5.74, 6) is 0.989. The number of nitrogens with one attached hydrogen (secondary N) is 3. The normalized spacial score (nSPS) is 21.2. The summed E-state index contributed by atoms with van der Waals surface area (Å²) in [7, 11) is 0. The van der Waals surface area contributed by atoms with Crippen molar-refractivity contribution in [2.45, 2.75) is 57.0 Å². The lowest BCUT2D eigenvalue weighted by atomic mass is 9.68. The van der Waals surface area contributed by atoms with Gasteiger partial charge in [0.2, 0.25) is 5.91 Å². The number of benzene rings is 1. The maximum atomic E-state index is 12.1. The molecule has 0 aromatic heterocycles. The summed E-state index contributed by atoms with van der Waals surface area (Å²) in [6.45, 7) is 3.14. The van der Waals surface area contributed by atoms with Gasteiger partial charge in [-0.2, -0.15) is 0 Å². The lowest BCUT2D eigenvalue weighted by Crippen LogP contribution is -2.69. The van der Waals surface area contributed by atoms with Gasteiger partial charge in [-0.1, -0.05) is 18.2 Å². The van der Waals surface area contributed by atoms with Crippen molar-refractivity contribution in [3.8, 4) is 5.75 Å². The Hall–Kier alpha value is -2.24. The zero-order chi connectivity index (χ0) is 17.7. The SMILES string of the molecule is Cc1ccccc1OCCCNC(=O)N[C@H]1CCC(=O)NC12CCC2. The summed E-state index contributed by atoms with van der Waals surface area (Å²) in [6, 6.07) is 7.76. The molecule has 0 unspecified atom stereocenters. The van der Waals surface area contributed by atoms with Gasteiger partial charge in [0, 0.05) is 13.0 Å². The monoisotopic (exact) mass is 345 g/mol. The Morgan fingerprint density at radius 1 is 1.36 bits per heavy atom. The number of piperidine rings is 1. The molecule has 1 saturated carbocycles. The lowest BCUT2D eigenvalue weighted by molar-refractivity contribution is -0.127. The van der Waals surface area contributed by atoms with Crippen LogP contribution in [0.5, 0.6) is 5.75 Å². The molecule has 1 aromatic carbocycles. The molecule has 25 heavy (non-hydrogen) atoms. The maximum Gasteiger partial charge on any atom is 0.315 e. The van der Waals surface area contributed by atoms with Gasteiger partial charge in [-0.15, -0.1) is 0 Å². The number of amides is 3. The minimum absolute atomic E-state index is 0.0298. The number of aryl methyl sites for hydroxylation is 1. The molecule has 2 aliphatic rings. The summed E-state index contributed by atoms with van der Waals surface area (Å²) in [5, 5.41) is 9.01.